The molecule has 0 spiro atoms. The van der Waals surface area contributed by atoms with Crippen LogP contribution in [0.2, 0.25) is 5.02 Å². The van der Waals surface area contributed by atoms with Gasteiger partial charge in [0.15, 0.2) is 5.17 Å². The number of hydrogen-bond donors (Lipinski definition) is 0. The van der Waals surface area contributed by atoms with Crippen LogP contribution in [0.3, 0.4) is 0 Å². The zero-order chi connectivity index (χ0) is 21.8. The largest absolute Gasteiger partial charge is 0.372 e. The van der Waals surface area contributed by atoms with Gasteiger partial charge in [0, 0.05) is 55.7 Å². The molecule has 0 aromatic heterocycles. The molecule has 1 fully saturated rings. The van der Waals surface area contributed by atoms with Crippen molar-refractivity contribution in [2.24, 2.45) is 4.99 Å². The molecule has 0 N–H and O–H groups in total. The molecule has 31 heavy (non-hydrogen) atoms. The van der Waals surface area contributed by atoms with Crippen molar-refractivity contribution in [1.82, 2.24) is 4.90 Å². The maximum absolute atomic E-state index is 12.5. The number of carbonyl (C=O) groups is 1. The van der Waals surface area contributed by atoms with Crippen LogP contribution in [0.4, 0.5) is 11.4 Å². The van der Waals surface area contributed by atoms with Crippen LogP contribution in [0.15, 0.2) is 58.4 Å². The van der Waals surface area contributed by atoms with Crippen molar-refractivity contribution >= 4 is 51.9 Å². The molecule has 0 atom stereocenters. The number of aliphatic imine (C=N–C) groups is 1. The van der Waals surface area contributed by atoms with E-state index >= 15 is 0 Å². The van der Waals surface area contributed by atoms with Crippen LogP contribution >= 0.6 is 23.4 Å². The normalized spacial score (nSPS) is 18.0. The van der Waals surface area contributed by atoms with Gasteiger partial charge in [-0.1, -0.05) is 29.8 Å². The predicted octanol–water partition coefficient (Wildman–Crippen LogP) is 4.98. The number of carbonyl (C=O) groups excluding carboxylic acids is 1. The number of anilines is 2. The third-order valence-corrected chi connectivity index (χ3v) is 6.93. The average Bonchev–Trinajstić information content (AvgIpc) is 3.16. The maximum Gasteiger partial charge on any atom is 0.286 e. The van der Waals surface area contributed by atoms with Crippen molar-refractivity contribution in [2.45, 2.75) is 13.8 Å². The van der Waals surface area contributed by atoms with E-state index in [1.165, 1.54) is 17.4 Å². The molecule has 0 unspecified atom stereocenters. The van der Waals surface area contributed by atoms with Crippen molar-refractivity contribution in [3.63, 3.8) is 0 Å². The van der Waals surface area contributed by atoms with E-state index in [4.69, 9.17) is 11.6 Å². The number of amidine groups is 1. The molecule has 2 heterocycles. The molecule has 5 nitrogen and oxygen atoms in total. The number of amides is 1. The first kappa shape index (κ1) is 21.8. The maximum atomic E-state index is 12.5. The summed E-state index contributed by atoms with van der Waals surface area (Å²) in [6.45, 7) is 9.68. The Labute approximate surface area is 193 Å². The monoisotopic (exact) mass is 454 g/mol. The van der Waals surface area contributed by atoms with Gasteiger partial charge in [0.1, 0.15) is 0 Å². The predicted molar refractivity (Wildman–Crippen MR) is 133 cm³/mol. The van der Waals surface area contributed by atoms with Crippen LogP contribution in [0.5, 0.6) is 0 Å². The first-order valence-corrected chi connectivity index (χ1v) is 11.9. The molecule has 0 bridgehead atoms. The van der Waals surface area contributed by atoms with E-state index in [1.807, 2.05) is 24.3 Å². The van der Waals surface area contributed by atoms with E-state index in [9.17, 15) is 4.79 Å². The van der Waals surface area contributed by atoms with Crippen LogP contribution in [-0.2, 0) is 4.79 Å². The Kier molecular flexibility index (Phi) is 6.88. The Hall–Kier alpha value is -2.44. The Morgan fingerprint density at radius 3 is 2.35 bits per heavy atom. The zero-order valence-electron chi connectivity index (χ0n) is 17.9. The number of hydrogen-bond acceptors (Lipinski definition) is 5. The Balaban J connectivity index is 1.37. The topological polar surface area (TPSA) is 39.1 Å². The summed E-state index contributed by atoms with van der Waals surface area (Å²) in [6, 6.07) is 16.3. The van der Waals surface area contributed by atoms with Gasteiger partial charge in [0.25, 0.3) is 5.91 Å². The van der Waals surface area contributed by atoms with Gasteiger partial charge < -0.3 is 14.7 Å². The number of benzene rings is 2. The zero-order valence-corrected chi connectivity index (χ0v) is 19.5. The van der Waals surface area contributed by atoms with E-state index in [1.54, 1.807) is 0 Å². The van der Waals surface area contributed by atoms with Crippen LogP contribution in [0.25, 0.3) is 6.08 Å². The first-order valence-electron chi connectivity index (χ1n) is 10.7. The third-order valence-electron chi connectivity index (χ3n) is 5.65. The van der Waals surface area contributed by atoms with Gasteiger partial charge in [-0.3, -0.25) is 4.79 Å². The molecule has 0 radical (unpaired) electrons. The summed E-state index contributed by atoms with van der Waals surface area (Å²) >= 11 is 7.60. The summed E-state index contributed by atoms with van der Waals surface area (Å²) in [5.74, 6) is -0.148. The minimum absolute atomic E-state index is 0.148. The van der Waals surface area contributed by atoms with Gasteiger partial charge in [-0.2, -0.15) is 4.99 Å². The second kappa shape index (κ2) is 9.79. The highest BCUT2D eigenvalue weighted by molar-refractivity contribution is 8.18. The summed E-state index contributed by atoms with van der Waals surface area (Å²) in [5, 5.41) is 1.56. The van der Waals surface area contributed by atoms with Crippen molar-refractivity contribution in [3.8, 4) is 0 Å². The lowest BCUT2D eigenvalue weighted by Gasteiger charge is -2.36. The van der Waals surface area contributed by atoms with Crippen molar-refractivity contribution in [1.29, 1.82) is 0 Å². The van der Waals surface area contributed by atoms with E-state index in [-0.39, 0.29) is 5.91 Å². The quantitative estimate of drug-likeness (QED) is 0.596. The van der Waals surface area contributed by atoms with Crippen LogP contribution in [-0.4, -0.2) is 55.2 Å². The molecular formula is C24H27ClN4OS. The van der Waals surface area contributed by atoms with Crippen LogP contribution in [0.1, 0.15) is 19.4 Å². The molecule has 0 saturated carbocycles. The Bertz CT molecular complexity index is 993. The standard InChI is InChI=1S/C24H27ClN4OS/c1-3-27(4-2)20-10-8-18(9-11-20)16-22-23(30)26-24(31-22)29-14-12-28(13-15-29)21-7-5-6-19(25)17-21/h5-11,16-17H,3-4,12-15H2,1-2H3/b22-16-. The minimum Gasteiger partial charge on any atom is -0.372 e. The number of rotatable bonds is 5. The van der Waals surface area contributed by atoms with Gasteiger partial charge in [0.05, 0.1) is 4.91 Å². The summed E-state index contributed by atoms with van der Waals surface area (Å²) in [6.07, 6.45) is 1.94. The van der Waals surface area contributed by atoms with Crippen molar-refractivity contribution in [3.05, 3.63) is 64.0 Å². The number of thioether (sulfide) groups is 1. The summed E-state index contributed by atoms with van der Waals surface area (Å²) in [4.78, 5) is 24.3. The van der Waals surface area contributed by atoms with Crippen LogP contribution in [0, 0.1) is 0 Å². The molecule has 1 amide bonds. The minimum atomic E-state index is -0.148. The fourth-order valence-electron chi connectivity index (χ4n) is 3.88. The van der Waals surface area contributed by atoms with Crippen LogP contribution < -0.4 is 9.80 Å². The molecule has 4 rings (SSSR count). The van der Waals surface area contributed by atoms with Crippen molar-refractivity contribution < 1.29 is 4.79 Å². The Morgan fingerprint density at radius 2 is 1.71 bits per heavy atom. The second-order valence-corrected chi connectivity index (χ2v) is 8.97. The summed E-state index contributed by atoms with van der Waals surface area (Å²) in [5.41, 5.74) is 3.36. The lowest BCUT2D eigenvalue weighted by Crippen LogP contribution is -2.47. The molecule has 1 saturated heterocycles. The molecule has 2 aromatic rings. The average molecular weight is 455 g/mol. The van der Waals surface area contributed by atoms with E-state index in [0.29, 0.717) is 4.91 Å². The molecule has 2 aliphatic heterocycles. The molecule has 0 aliphatic carbocycles. The summed E-state index contributed by atoms with van der Waals surface area (Å²) in [7, 11) is 0. The fraction of sp³-hybridized carbons (Fsp3) is 0.333. The van der Waals surface area contributed by atoms with Crippen molar-refractivity contribution in [2.75, 3.05) is 49.1 Å². The van der Waals surface area contributed by atoms with E-state index < -0.39 is 0 Å². The molecule has 7 heteroatoms. The highest BCUT2D eigenvalue weighted by Crippen LogP contribution is 2.31. The van der Waals surface area contributed by atoms with Gasteiger partial charge >= 0.3 is 0 Å². The highest BCUT2D eigenvalue weighted by Gasteiger charge is 2.28. The third kappa shape index (κ3) is 5.08. The number of halogens is 1. The molecule has 2 aliphatic rings. The SMILES string of the molecule is CCN(CC)c1ccc(/C=C2\SC(N3CCN(c4cccc(Cl)c4)CC3)=NC2=O)cc1. The van der Waals surface area contributed by atoms with E-state index in [2.05, 4.69) is 63.9 Å². The number of piperazine rings is 1. The van der Waals surface area contributed by atoms with Gasteiger partial charge in [-0.15, -0.1) is 0 Å². The first-order chi connectivity index (χ1) is 15.1. The molecular weight excluding hydrogens is 428 g/mol. The molecule has 2 aromatic carbocycles. The molecule has 162 valence electrons. The van der Waals surface area contributed by atoms with Gasteiger partial charge in [-0.25, -0.2) is 0 Å². The lowest BCUT2D eigenvalue weighted by atomic mass is 10.2. The number of nitrogens with zero attached hydrogens (tertiary/aromatic N) is 4. The van der Waals surface area contributed by atoms with Gasteiger partial charge in [0.2, 0.25) is 0 Å². The van der Waals surface area contributed by atoms with Gasteiger partial charge in [-0.05, 0) is 67.6 Å². The highest BCUT2D eigenvalue weighted by atomic mass is 35.5. The lowest BCUT2D eigenvalue weighted by molar-refractivity contribution is -0.113. The smallest absolute Gasteiger partial charge is 0.286 e. The fourth-order valence-corrected chi connectivity index (χ4v) is 5.03. The summed E-state index contributed by atoms with van der Waals surface area (Å²) < 4.78 is 0. The Morgan fingerprint density at radius 1 is 1.03 bits per heavy atom. The second-order valence-electron chi connectivity index (χ2n) is 7.53. The van der Waals surface area contributed by atoms with E-state index in [0.717, 1.165) is 60.7 Å².